The van der Waals surface area contributed by atoms with Gasteiger partial charge in [-0.2, -0.15) is 9.97 Å². The number of aliphatic hydroxyl groups excluding tert-OH is 3. The zero-order valence-electron chi connectivity index (χ0n) is 10.3. The standard InChI is InChI=1S/C10H14N6O4/c11-7-4-8(15-10(12)14-7)16(2-13-4)9-6(19)5(18)3(1-17)20-9/h2-3,5-6,9,17-19H,1H2,(H4,11,12,14,15)/t3-,5-,6-,9?/m1/s1. The molecule has 0 aromatic carbocycles. The van der Waals surface area contributed by atoms with E-state index in [4.69, 9.17) is 21.3 Å². The molecule has 108 valence electrons. The van der Waals surface area contributed by atoms with Crippen LogP contribution in [0.4, 0.5) is 11.8 Å². The smallest absolute Gasteiger partial charge is 0.224 e. The molecular formula is C10H14N6O4. The fourth-order valence-electron chi connectivity index (χ4n) is 2.25. The molecule has 0 amide bonds. The molecule has 7 N–H and O–H groups in total. The molecule has 20 heavy (non-hydrogen) atoms. The van der Waals surface area contributed by atoms with Crippen molar-refractivity contribution in [1.82, 2.24) is 19.5 Å². The lowest BCUT2D eigenvalue weighted by molar-refractivity contribution is -0.0511. The number of nitrogen functional groups attached to an aromatic ring is 2. The molecule has 1 fully saturated rings. The van der Waals surface area contributed by atoms with Crippen molar-refractivity contribution in [2.75, 3.05) is 18.1 Å². The second kappa shape index (κ2) is 4.52. The van der Waals surface area contributed by atoms with Crippen LogP contribution in [0.3, 0.4) is 0 Å². The maximum absolute atomic E-state index is 9.99. The number of hydrogen-bond donors (Lipinski definition) is 5. The van der Waals surface area contributed by atoms with Gasteiger partial charge in [0, 0.05) is 0 Å². The zero-order chi connectivity index (χ0) is 14.4. The first kappa shape index (κ1) is 13.0. The van der Waals surface area contributed by atoms with E-state index >= 15 is 0 Å². The number of anilines is 2. The monoisotopic (exact) mass is 282 g/mol. The highest BCUT2D eigenvalue weighted by atomic mass is 16.6. The quantitative estimate of drug-likeness (QED) is 0.403. The lowest BCUT2D eigenvalue weighted by Gasteiger charge is -2.16. The van der Waals surface area contributed by atoms with Crippen LogP contribution < -0.4 is 11.5 Å². The van der Waals surface area contributed by atoms with E-state index in [-0.39, 0.29) is 17.4 Å². The minimum atomic E-state index is -1.23. The Balaban J connectivity index is 2.07. The Kier molecular flexibility index (Phi) is 2.94. The Morgan fingerprint density at radius 1 is 1.25 bits per heavy atom. The SMILES string of the molecule is Nc1nc(N)c2ncn(C3O[C@H](CO)[C@@H](O)[C@H]3O)c2n1. The summed E-state index contributed by atoms with van der Waals surface area (Å²) in [5.74, 6) is 0.0708. The van der Waals surface area contributed by atoms with Crippen LogP contribution in [-0.4, -0.2) is 59.8 Å². The summed E-state index contributed by atoms with van der Waals surface area (Å²) in [5.41, 5.74) is 11.8. The van der Waals surface area contributed by atoms with Crippen molar-refractivity contribution in [3.05, 3.63) is 6.33 Å². The third-order valence-corrected chi connectivity index (χ3v) is 3.26. The normalized spacial score (nSPS) is 30.1. The maximum Gasteiger partial charge on any atom is 0.224 e. The maximum atomic E-state index is 9.99. The predicted molar refractivity (Wildman–Crippen MR) is 67.2 cm³/mol. The fraction of sp³-hybridized carbons (Fsp3) is 0.500. The van der Waals surface area contributed by atoms with Crippen LogP contribution in [0, 0.1) is 0 Å². The van der Waals surface area contributed by atoms with Crippen molar-refractivity contribution >= 4 is 22.9 Å². The summed E-state index contributed by atoms with van der Waals surface area (Å²) < 4.78 is 6.79. The molecule has 0 saturated carbocycles. The second-order valence-corrected chi connectivity index (χ2v) is 4.52. The van der Waals surface area contributed by atoms with E-state index in [2.05, 4.69) is 15.0 Å². The Bertz CT molecular complexity index is 646. The molecule has 1 unspecified atom stereocenters. The minimum Gasteiger partial charge on any atom is -0.394 e. The molecule has 3 heterocycles. The van der Waals surface area contributed by atoms with Crippen LogP contribution in [0.25, 0.3) is 11.2 Å². The molecule has 0 radical (unpaired) electrons. The molecule has 1 aliphatic heterocycles. The van der Waals surface area contributed by atoms with E-state index in [0.29, 0.717) is 5.52 Å². The van der Waals surface area contributed by atoms with Crippen LogP contribution in [0.5, 0.6) is 0 Å². The van der Waals surface area contributed by atoms with E-state index in [0.717, 1.165) is 0 Å². The van der Waals surface area contributed by atoms with E-state index in [1.807, 2.05) is 0 Å². The van der Waals surface area contributed by atoms with Gasteiger partial charge in [-0.05, 0) is 0 Å². The summed E-state index contributed by atoms with van der Waals surface area (Å²) in [4.78, 5) is 11.8. The zero-order valence-corrected chi connectivity index (χ0v) is 10.3. The number of ether oxygens (including phenoxy) is 1. The molecule has 4 atom stereocenters. The second-order valence-electron chi connectivity index (χ2n) is 4.52. The molecule has 10 nitrogen and oxygen atoms in total. The summed E-state index contributed by atoms with van der Waals surface area (Å²) in [7, 11) is 0. The first-order chi connectivity index (χ1) is 9.52. The highest BCUT2D eigenvalue weighted by molar-refractivity contribution is 5.82. The van der Waals surface area contributed by atoms with Gasteiger partial charge in [-0.3, -0.25) is 4.57 Å². The largest absolute Gasteiger partial charge is 0.394 e. The lowest BCUT2D eigenvalue weighted by atomic mass is 10.1. The van der Waals surface area contributed by atoms with Gasteiger partial charge in [-0.25, -0.2) is 4.98 Å². The summed E-state index contributed by atoms with van der Waals surface area (Å²) in [6, 6.07) is 0. The van der Waals surface area contributed by atoms with Gasteiger partial charge < -0.3 is 31.5 Å². The highest BCUT2D eigenvalue weighted by Gasteiger charge is 2.44. The van der Waals surface area contributed by atoms with Gasteiger partial charge in [0.2, 0.25) is 5.95 Å². The van der Waals surface area contributed by atoms with Crippen molar-refractivity contribution in [2.45, 2.75) is 24.5 Å². The lowest BCUT2D eigenvalue weighted by Crippen LogP contribution is -2.33. The summed E-state index contributed by atoms with van der Waals surface area (Å²) >= 11 is 0. The van der Waals surface area contributed by atoms with Gasteiger partial charge >= 0.3 is 0 Å². The molecule has 0 aliphatic carbocycles. The molecular weight excluding hydrogens is 268 g/mol. The van der Waals surface area contributed by atoms with Crippen molar-refractivity contribution in [3.63, 3.8) is 0 Å². The third kappa shape index (κ3) is 1.78. The van der Waals surface area contributed by atoms with Gasteiger partial charge in [-0.1, -0.05) is 0 Å². The molecule has 0 bridgehead atoms. The van der Waals surface area contributed by atoms with Crippen molar-refractivity contribution in [2.24, 2.45) is 0 Å². The topological polar surface area (TPSA) is 166 Å². The average Bonchev–Trinajstić information content (AvgIpc) is 2.93. The first-order valence-corrected chi connectivity index (χ1v) is 5.91. The van der Waals surface area contributed by atoms with Crippen LogP contribution in [0.1, 0.15) is 6.23 Å². The number of rotatable bonds is 2. The van der Waals surface area contributed by atoms with Crippen LogP contribution in [0.2, 0.25) is 0 Å². The number of hydrogen-bond acceptors (Lipinski definition) is 9. The molecule has 1 aliphatic rings. The first-order valence-electron chi connectivity index (χ1n) is 5.91. The van der Waals surface area contributed by atoms with E-state index < -0.39 is 31.1 Å². The summed E-state index contributed by atoms with van der Waals surface area (Å²) in [6.07, 6.45) is -2.92. The van der Waals surface area contributed by atoms with Crippen molar-refractivity contribution in [3.8, 4) is 0 Å². The van der Waals surface area contributed by atoms with E-state index in [1.165, 1.54) is 10.9 Å². The number of nitrogens with two attached hydrogens (primary N) is 2. The Hall–Kier alpha value is -2.01. The van der Waals surface area contributed by atoms with Crippen molar-refractivity contribution < 1.29 is 20.1 Å². The average molecular weight is 282 g/mol. The highest BCUT2D eigenvalue weighted by Crippen LogP contribution is 2.31. The van der Waals surface area contributed by atoms with Gasteiger partial charge in [-0.15, -0.1) is 0 Å². The third-order valence-electron chi connectivity index (χ3n) is 3.26. The predicted octanol–water partition coefficient (Wildman–Crippen LogP) is -2.40. The summed E-state index contributed by atoms with van der Waals surface area (Å²) in [6.45, 7) is -0.416. The van der Waals surface area contributed by atoms with E-state index in [9.17, 15) is 10.2 Å². The van der Waals surface area contributed by atoms with Crippen LogP contribution in [-0.2, 0) is 4.74 Å². The molecule has 0 spiro atoms. The fourth-order valence-corrected chi connectivity index (χ4v) is 2.25. The van der Waals surface area contributed by atoms with Crippen molar-refractivity contribution in [1.29, 1.82) is 0 Å². The minimum absolute atomic E-state index is 0.0384. The molecule has 10 heteroatoms. The number of aromatic nitrogens is 4. The van der Waals surface area contributed by atoms with Gasteiger partial charge in [0.15, 0.2) is 17.7 Å². The van der Waals surface area contributed by atoms with Gasteiger partial charge in [0.05, 0.1) is 12.9 Å². The number of fused-ring (bicyclic) bond motifs is 1. The van der Waals surface area contributed by atoms with Crippen LogP contribution in [0.15, 0.2) is 6.33 Å². The Morgan fingerprint density at radius 2 is 2.00 bits per heavy atom. The van der Waals surface area contributed by atoms with Crippen LogP contribution >= 0.6 is 0 Å². The number of aliphatic hydroxyl groups is 3. The molecule has 2 aromatic rings. The Morgan fingerprint density at radius 3 is 2.65 bits per heavy atom. The summed E-state index contributed by atoms with van der Waals surface area (Å²) in [5, 5.41) is 28.8. The van der Waals surface area contributed by atoms with Gasteiger partial charge in [0.25, 0.3) is 0 Å². The molecule has 3 rings (SSSR count). The number of nitrogens with zero attached hydrogens (tertiary/aromatic N) is 4. The van der Waals surface area contributed by atoms with E-state index in [1.54, 1.807) is 0 Å². The number of imidazole rings is 1. The Labute approximate surface area is 112 Å². The molecule has 2 aromatic heterocycles. The molecule has 1 saturated heterocycles. The van der Waals surface area contributed by atoms with Gasteiger partial charge in [0.1, 0.15) is 23.8 Å².